The molecule has 0 radical (unpaired) electrons. The van der Waals surface area contributed by atoms with Gasteiger partial charge in [0.15, 0.2) is 11.2 Å². The fourth-order valence-electron chi connectivity index (χ4n) is 4.44. The van der Waals surface area contributed by atoms with Gasteiger partial charge in [-0.15, -0.1) is 0 Å². The van der Waals surface area contributed by atoms with Gasteiger partial charge in [0, 0.05) is 0 Å². The fourth-order valence-corrected chi connectivity index (χ4v) is 4.44. The molecule has 1 aliphatic rings. The molecule has 0 spiro atoms. The van der Waals surface area contributed by atoms with Crippen molar-refractivity contribution < 1.29 is 19.0 Å². The summed E-state index contributed by atoms with van der Waals surface area (Å²) in [6, 6.07) is 21.8. The number of hydrogen-bond acceptors (Lipinski definition) is 2. The van der Waals surface area contributed by atoms with Crippen molar-refractivity contribution in [1.29, 1.82) is 0 Å². The molecule has 0 fully saturated rings. The second kappa shape index (κ2) is 5.71. The van der Waals surface area contributed by atoms with E-state index in [9.17, 15) is 19.0 Å². The lowest BCUT2D eigenvalue weighted by molar-refractivity contribution is -0.105. The standard InChI is InChI=1S/C24H16F2O2/c25-18-11-7-16(8-12-18)23(27)20-5-1-3-15-4-2-6-21(22(15)20)24(23,28)17-9-13-19(26)14-10-17/h1-14,27-28H. The Balaban J connectivity index is 1.91. The summed E-state index contributed by atoms with van der Waals surface area (Å²) in [5.74, 6) is -0.877. The zero-order valence-corrected chi connectivity index (χ0v) is 14.7. The summed E-state index contributed by atoms with van der Waals surface area (Å²) in [7, 11) is 0. The van der Waals surface area contributed by atoms with Crippen LogP contribution in [-0.2, 0) is 11.2 Å². The molecule has 4 aromatic carbocycles. The van der Waals surface area contributed by atoms with Gasteiger partial charge in [-0.2, -0.15) is 0 Å². The first-order chi connectivity index (χ1) is 13.5. The molecular formula is C24H16F2O2. The summed E-state index contributed by atoms with van der Waals surface area (Å²) in [5.41, 5.74) is -1.99. The normalized spacial score (nSPS) is 23.3. The van der Waals surface area contributed by atoms with E-state index in [4.69, 9.17) is 0 Å². The molecule has 28 heavy (non-hydrogen) atoms. The zero-order chi connectivity index (χ0) is 19.5. The number of hydrogen-bond donors (Lipinski definition) is 2. The van der Waals surface area contributed by atoms with Crippen LogP contribution in [0.4, 0.5) is 8.78 Å². The maximum Gasteiger partial charge on any atom is 0.152 e. The van der Waals surface area contributed by atoms with Crippen molar-refractivity contribution in [3.63, 3.8) is 0 Å². The summed E-state index contributed by atoms with van der Waals surface area (Å²) < 4.78 is 27.1. The predicted molar refractivity (Wildman–Crippen MR) is 103 cm³/mol. The SMILES string of the molecule is OC1(c2ccc(F)cc2)c2cccc3cccc(c23)C1(O)c1ccc(F)cc1. The molecule has 5 rings (SSSR count). The Kier molecular flexibility index (Phi) is 3.48. The first-order valence-corrected chi connectivity index (χ1v) is 8.96. The number of benzene rings is 4. The molecule has 2 N–H and O–H groups in total. The quantitative estimate of drug-likeness (QED) is 0.538. The van der Waals surface area contributed by atoms with Gasteiger partial charge in [-0.1, -0.05) is 60.7 Å². The largest absolute Gasteiger partial charge is 0.377 e. The zero-order valence-electron chi connectivity index (χ0n) is 14.7. The van der Waals surface area contributed by atoms with Crippen LogP contribution in [0, 0.1) is 11.6 Å². The summed E-state index contributed by atoms with van der Waals surface area (Å²) in [6.07, 6.45) is 0. The van der Waals surface area contributed by atoms with Crippen molar-refractivity contribution in [2.24, 2.45) is 0 Å². The van der Waals surface area contributed by atoms with Crippen LogP contribution < -0.4 is 0 Å². The van der Waals surface area contributed by atoms with Crippen LogP contribution in [0.15, 0.2) is 84.9 Å². The predicted octanol–water partition coefficient (Wildman–Crippen LogP) is 4.60. The average Bonchev–Trinajstić information content (AvgIpc) is 2.92. The Labute approximate surface area is 160 Å². The van der Waals surface area contributed by atoms with Gasteiger partial charge >= 0.3 is 0 Å². The third kappa shape index (κ3) is 2.02. The summed E-state index contributed by atoms with van der Waals surface area (Å²) in [4.78, 5) is 0. The van der Waals surface area contributed by atoms with Crippen molar-refractivity contribution in [3.05, 3.63) is 119 Å². The maximum absolute atomic E-state index is 13.6. The Morgan fingerprint density at radius 1 is 0.536 bits per heavy atom. The van der Waals surface area contributed by atoms with E-state index in [2.05, 4.69) is 0 Å². The highest BCUT2D eigenvalue weighted by Gasteiger charge is 2.59. The smallest absolute Gasteiger partial charge is 0.152 e. The van der Waals surface area contributed by atoms with Gasteiger partial charge in [-0.25, -0.2) is 8.78 Å². The topological polar surface area (TPSA) is 40.5 Å². The van der Waals surface area contributed by atoms with Gasteiger partial charge in [0.1, 0.15) is 11.6 Å². The molecule has 138 valence electrons. The summed E-state index contributed by atoms with van der Waals surface area (Å²) >= 11 is 0. The van der Waals surface area contributed by atoms with Gasteiger partial charge in [0.25, 0.3) is 0 Å². The molecular weight excluding hydrogens is 358 g/mol. The minimum Gasteiger partial charge on any atom is -0.377 e. The number of aliphatic hydroxyl groups is 2. The molecule has 4 heteroatoms. The van der Waals surface area contributed by atoms with Crippen LogP contribution in [0.2, 0.25) is 0 Å². The molecule has 0 bridgehead atoms. The van der Waals surface area contributed by atoms with Gasteiger partial charge < -0.3 is 10.2 Å². The van der Waals surface area contributed by atoms with Gasteiger partial charge in [-0.3, -0.25) is 0 Å². The van der Waals surface area contributed by atoms with Crippen molar-refractivity contribution in [2.45, 2.75) is 11.2 Å². The molecule has 2 unspecified atom stereocenters. The van der Waals surface area contributed by atoms with Crippen molar-refractivity contribution in [1.82, 2.24) is 0 Å². The van der Waals surface area contributed by atoms with E-state index in [0.717, 1.165) is 10.8 Å². The van der Waals surface area contributed by atoms with Gasteiger partial charge in [0.05, 0.1) is 0 Å². The second-order valence-corrected chi connectivity index (χ2v) is 7.14. The van der Waals surface area contributed by atoms with Crippen molar-refractivity contribution in [2.75, 3.05) is 0 Å². The van der Waals surface area contributed by atoms with Crippen molar-refractivity contribution in [3.8, 4) is 0 Å². The molecule has 0 saturated carbocycles. The Bertz CT molecular complexity index is 1110. The van der Waals surface area contributed by atoms with Gasteiger partial charge in [0.2, 0.25) is 0 Å². The molecule has 0 saturated heterocycles. The average molecular weight is 374 g/mol. The molecule has 2 nitrogen and oxygen atoms in total. The van der Waals surface area contributed by atoms with E-state index in [-0.39, 0.29) is 0 Å². The third-order valence-corrected chi connectivity index (χ3v) is 5.73. The highest BCUT2D eigenvalue weighted by molar-refractivity contribution is 5.95. The molecule has 0 aliphatic heterocycles. The highest BCUT2D eigenvalue weighted by atomic mass is 19.1. The molecule has 1 aliphatic carbocycles. The Morgan fingerprint density at radius 2 is 0.929 bits per heavy atom. The molecule has 0 aromatic heterocycles. The molecule has 0 amide bonds. The lowest BCUT2D eigenvalue weighted by Crippen LogP contribution is -2.47. The Morgan fingerprint density at radius 3 is 1.32 bits per heavy atom. The van der Waals surface area contributed by atoms with E-state index in [1.165, 1.54) is 48.5 Å². The Hall–Kier alpha value is -3.08. The lowest BCUT2D eigenvalue weighted by Gasteiger charge is -2.40. The van der Waals surface area contributed by atoms with E-state index in [1.807, 2.05) is 24.3 Å². The molecule has 2 atom stereocenters. The van der Waals surface area contributed by atoms with E-state index < -0.39 is 22.8 Å². The third-order valence-electron chi connectivity index (χ3n) is 5.73. The lowest BCUT2D eigenvalue weighted by atomic mass is 9.72. The van der Waals surface area contributed by atoms with Crippen LogP contribution in [0.1, 0.15) is 22.3 Å². The van der Waals surface area contributed by atoms with Gasteiger partial charge in [-0.05, 0) is 57.3 Å². The number of halogens is 2. The monoisotopic (exact) mass is 374 g/mol. The highest BCUT2D eigenvalue weighted by Crippen LogP contribution is 2.57. The van der Waals surface area contributed by atoms with E-state index >= 15 is 0 Å². The van der Waals surface area contributed by atoms with Crippen LogP contribution in [0.25, 0.3) is 10.8 Å². The minimum absolute atomic E-state index is 0.351. The molecule has 4 aromatic rings. The summed E-state index contributed by atoms with van der Waals surface area (Å²) in [6.45, 7) is 0. The van der Waals surface area contributed by atoms with Crippen LogP contribution >= 0.6 is 0 Å². The van der Waals surface area contributed by atoms with E-state index in [1.54, 1.807) is 12.1 Å². The fraction of sp³-hybridized carbons (Fsp3) is 0.0833. The first kappa shape index (κ1) is 17.0. The second-order valence-electron chi connectivity index (χ2n) is 7.14. The number of rotatable bonds is 2. The van der Waals surface area contributed by atoms with Crippen LogP contribution in [0.3, 0.4) is 0 Å². The molecule has 0 heterocycles. The first-order valence-electron chi connectivity index (χ1n) is 8.96. The van der Waals surface area contributed by atoms with Crippen LogP contribution in [-0.4, -0.2) is 10.2 Å². The minimum atomic E-state index is -1.87. The van der Waals surface area contributed by atoms with E-state index in [0.29, 0.717) is 22.3 Å². The van der Waals surface area contributed by atoms with Crippen LogP contribution in [0.5, 0.6) is 0 Å². The summed E-state index contributed by atoms with van der Waals surface area (Å²) in [5, 5.41) is 25.7. The maximum atomic E-state index is 13.6. The van der Waals surface area contributed by atoms with Crippen molar-refractivity contribution >= 4 is 10.8 Å².